The van der Waals surface area contributed by atoms with E-state index < -0.39 is 0 Å². The van der Waals surface area contributed by atoms with Crippen molar-refractivity contribution in [3.8, 4) is 0 Å². The molecule has 0 atom stereocenters. The summed E-state index contributed by atoms with van der Waals surface area (Å²) in [6.45, 7) is 10.4. The van der Waals surface area contributed by atoms with Gasteiger partial charge in [-0.25, -0.2) is 0 Å². The molecule has 0 heterocycles. The van der Waals surface area contributed by atoms with E-state index in [2.05, 4.69) is 66.6 Å². The summed E-state index contributed by atoms with van der Waals surface area (Å²) < 4.78 is 0. The molecule has 0 radical (unpaired) electrons. The molecule has 2 aromatic rings. The molecule has 0 spiro atoms. The van der Waals surface area contributed by atoms with Crippen LogP contribution < -0.4 is 0 Å². The molecule has 0 aliphatic rings. The number of hydrogen-bond donors (Lipinski definition) is 1. The van der Waals surface area contributed by atoms with Gasteiger partial charge in [0.15, 0.2) is 0 Å². The van der Waals surface area contributed by atoms with Crippen LogP contribution in [0.2, 0.25) is 0 Å². The second-order valence-corrected chi connectivity index (χ2v) is 5.68. The molecule has 0 aliphatic carbocycles. The summed E-state index contributed by atoms with van der Waals surface area (Å²) in [4.78, 5) is 2.36. The predicted molar refractivity (Wildman–Crippen MR) is 98.9 cm³/mol. The summed E-state index contributed by atoms with van der Waals surface area (Å²) in [5, 5.41) is 9.14. The normalized spacial score (nSPS) is 10.7. The van der Waals surface area contributed by atoms with Crippen molar-refractivity contribution < 1.29 is 5.11 Å². The quantitative estimate of drug-likeness (QED) is 0.744. The fraction of sp³-hybridized carbons (Fsp3) is 0.238. The highest BCUT2D eigenvalue weighted by Crippen LogP contribution is 2.13. The first kappa shape index (κ1) is 17.2. The zero-order valence-electron chi connectivity index (χ0n) is 13.6. The molecule has 2 aromatic carbocycles. The molecule has 0 amide bonds. The predicted octanol–water partition coefficient (Wildman–Crippen LogP) is 4.36. The van der Waals surface area contributed by atoms with Crippen LogP contribution in [0.3, 0.4) is 0 Å². The van der Waals surface area contributed by atoms with Crippen LogP contribution in [0.25, 0.3) is 12.2 Å². The van der Waals surface area contributed by atoms with Crippen molar-refractivity contribution in [1.82, 2.24) is 4.90 Å². The lowest BCUT2D eigenvalue weighted by atomic mass is 10.1. The van der Waals surface area contributed by atoms with Gasteiger partial charge in [-0.1, -0.05) is 73.8 Å². The molecule has 0 saturated carbocycles. The maximum absolute atomic E-state index is 9.14. The molecule has 0 unspecified atom stereocenters. The van der Waals surface area contributed by atoms with E-state index in [1.54, 1.807) is 0 Å². The first-order valence-corrected chi connectivity index (χ1v) is 8.01. The lowest BCUT2D eigenvalue weighted by molar-refractivity contribution is 0.212. The Bertz CT molecular complexity index is 560. The standard InChI is InChI=1S/C21H25NO/c1-3-18-6-10-20(11-7-18)16-22(14-5-15-23)17-21-12-8-19(4-2)9-13-21/h3-4,6-13,23H,1-2,5,14-17H2. The summed E-state index contributed by atoms with van der Waals surface area (Å²) >= 11 is 0. The van der Waals surface area contributed by atoms with Crippen molar-refractivity contribution in [3.05, 3.63) is 83.9 Å². The molecule has 0 bridgehead atoms. The number of hydrogen-bond acceptors (Lipinski definition) is 2. The first-order chi connectivity index (χ1) is 11.2. The Morgan fingerprint density at radius 2 is 1.22 bits per heavy atom. The molecule has 23 heavy (non-hydrogen) atoms. The van der Waals surface area contributed by atoms with Gasteiger partial charge >= 0.3 is 0 Å². The van der Waals surface area contributed by atoms with Crippen LogP contribution >= 0.6 is 0 Å². The van der Waals surface area contributed by atoms with Crippen LogP contribution in [0.15, 0.2) is 61.7 Å². The number of rotatable bonds is 9. The summed E-state index contributed by atoms with van der Waals surface area (Å²) in [5.41, 5.74) is 4.82. The van der Waals surface area contributed by atoms with Crippen molar-refractivity contribution in [2.24, 2.45) is 0 Å². The van der Waals surface area contributed by atoms with Gasteiger partial charge in [-0.15, -0.1) is 0 Å². The van der Waals surface area contributed by atoms with Crippen LogP contribution in [0.1, 0.15) is 28.7 Å². The zero-order valence-corrected chi connectivity index (χ0v) is 13.6. The summed E-state index contributed by atoms with van der Waals surface area (Å²) in [5.74, 6) is 0. The summed E-state index contributed by atoms with van der Waals surface area (Å²) in [6.07, 6.45) is 4.50. The molecule has 120 valence electrons. The van der Waals surface area contributed by atoms with Crippen molar-refractivity contribution in [3.63, 3.8) is 0 Å². The van der Waals surface area contributed by atoms with Gasteiger partial charge in [-0.2, -0.15) is 0 Å². The van der Waals surface area contributed by atoms with E-state index in [9.17, 15) is 0 Å². The molecule has 2 nitrogen and oxygen atoms in total. The molecule has 0 aromatic heterocycles. The van der Waals surface area contributed by atoms with Gasteiger partial charge in [0.1, 0.15) is 0 Å². The Hall–Kier alpha value is -2.16. The van der Waals surface area contributed by atoms with Crippen LogP contribution in [-0.4, -0.2) is 23.2 Å². The van der Waals surface area contributed by atoms with Crippen molar-refractivity contribution in [1.29, 1.82) is 0 Å². The minimum absolute atomic E-state index is 0.224. The van der Waals surface area contributed by atoms with Gasteiger partial charge in [0.05, 0.1) is 0 Å². The van der Waals surface area contributed by atoms with Gasteiger partial charge in [0, 0.05) is 26.2 Å². The average molecular weight is 307 g/mol. The van der Waals surface area contributed by atoms with Crippen LogP contribution in [0.4, 0.5) is 0 Å². The van der Waals surface area contributed by atoms with Gasteiger partial charge in [-0.05, 0) is 28.7 Å². The average Bonchev–Trinajstić information content (AvgIpc) is 2.61. The fourth-order valence-electron chi connectivity index (χ4n) is 2.54. The number of benzene rings is 2. The second-order valence-electron chi connectivity index (χ2n) is 5.68. The highest BCUT2D eigenvalue weighted by molar-refractivity contribution is 5.47. The van der Waals surface area contributed by atoms with Gasteiger partial charge in [0.2, 0.25) is 0 Å². The number of nitrogens with zero attached hydrogens (tertiary/aromatic N) is 1. The Morgan fingerprint density at radius 1 is 0.783 bits per heavy atom. The lowest BCUT2D eigenvalue weighted by Gasteiger charge is -2.22. The minimum Gasteiger partial charge on any atom is -0.396 e. The SMILES string of the molecule is C=Cc1ccc(CN(CCCO)Cc2ccc(C=C)cc2)cc1. The Kier molecular flexibility index (Phi) is 6.79. The van der Waals surface area contributed by atoms with Crippen LogP contribution in [0, 0.1) is 0 Å². The van der Waals surface area contributed by atoms with Crippen LogP contribution in [0.5, 0.6) is 0 Å². The third kappa shape index (κ3) is 5.51. The van der Waals surface area contributed by atoms with Crippen molar-refractivity contribution in [2.45, 2.75) is 19.5 Å². The molecular weight excluding hydrogens is 282 g/mol. The highest BCUT2D eigenvalue weighted by Gasteiger charge is 2.07. The Morgan fingerprint density at radius 3 is 1.57 bits per heavy atom. The smallest absolute Gasteiger partial charge is 0.0443 e. The summed E-state index contributed by atoms with van der Waals surface area (Å²) in [7, 11) is 0. The van der Waals surface area contributed by atoms with E-state index in [-0.39, 0.29) is 6.61 Å². The molecular formula is C21H25NO. The van der Waals surface area contributed by atoms with E-state index >= 15 is 0 Å². The summed E-state index contributed by atoms with van der Waals surface area (Å²) in [6, 6.07) is 16.9. The van der Waals surface area contributed by atoms with E-state index in [1.807, 2.05) is 12.2 Å². The van der Waals surface area contributed by atoms with E-state index in [0.717, 1.165) is 37.2 Å². The largest absolute Gasteiger partial charge is 0.396 e. The first-order valence-electron chi connectivity index (χ1n) is 8.01. The molecule has 0 fully saturated rings. The molecule has 1 N–H and O–H groups in total. The number of aliphatic hydroxyl groups is 1. The monoisotopic (exact) mass is 307 g/mol. The zero-order chi connectivity index (χ0) is 16.5. The Labute approximate surface area is 139 Å². The van der Waals surface area contributed by atoms with E-state index in [4.69, 9.17) is 5.11 Å². The maximum Gasteiger partial charge on any atom is 0.0443 e. The highest BCUT2D eigenvalue weighted by atomic mass is 16.3. The molecule has 2 heteroatoms. The topological polar surface area (TPSA) is 23.5 Å². The van der Waals surface area contributed by atoms with Gasteiger partial charge in [-0.3, -0.25) is 4.90 Å². The van der Waals surface area contributed by atoms with E-state index in [1.165, 1.54) is 11.1 Å². The third-order valence-corrected chi connectivity index (χ3v) is 3.88. The molecule has 0 aliphatic heterocycles. The van der Waals surface area contributed by atoms with Crippen molar-refractivity contribution >= 4 is 12.2 Å². The molecule has 2 rings (SSSR count). The maximum atomic E-state index is 9.14. The van der Waals surface area contributed by atoms with Gasteiger partial charge in [0.25, 0.3) is 0 Å². The molecule has 0 saturated heterocycles. The van der Waals surface area contributed by atoms with Crippen LogP contribution in [-0.2, 0) is 13.1 Å². The minimum atomic E-state index is 0.224. The third-order valence-electron chi connectivity index (χ3n) is 3.88. The van der Waals surface area contributed by atoms with E-state index in [0.29, 0.717) is 0 Å². The van der Waals surface area contributed by atoms with Crippen molar-refractivity contribution in [2.75, 3.05) is 13.2 Å². The number of aliphatic hydroxyl groups excluding tert-OH is 1. The van der Waals surface area contributed by atoms with Gasteiger partial charge < -0.3 is 5.11 Å². The lowest BCUT2D eigenvalue weighted by Crippen LogP contribution is -2.24. The Balaban J connectivity index is 2.04. The fourth-order valence-corrected chi connectivity index (χ4v) is 2.54. The second kappa shape index (κ2) is 9.09.